The van der Waals surface area contributed by atoms with Gasteiger partial charge in [0.1, 0.15) is 17.4 Å². The molecule has 0 unspecified atom stereocenters. The van der Waals surface area contributed by atoms with Crippen LogP contribution >= 0.6 is 0 Å². The van der Waals surface area contributed by atoms with E-state index in [-0.39, 0.29) is 12.4 Å². The Kier molecular flexibility index (Phi) is 5.38. The molecule has 4 nitrogen and oxygen atoms in total. The molecule has 0 fully saturated rings. The number of nitrogens with zero attached hydrogens (tertiary/aromatic N) is 2. The Balaban J connectivity index is 2.13. The van der Waals surface area contributed by atoms with Crippen LogP contribution in [0.5, 0.6) is 5.75 Å². The summed E-state index contributed by atoms with van der Waals surface area (Å²) in [4.78, 5) is 4.55. The third-order valence-electron chi connectivity index (χ3n) is 4.52. The van der Waals surface area contributed by atoms with Crippen molar-refractivity contribution >= 4 is 0 Å². The second-order valence-corrected chi connectivity index (χ2v) is 6.22. The number of methoxy groups -OCH3 is 1. The Morgan fingerprint density at radius 2 is 1.88 bits per heavy atom. The topological polar surface area (TPSA) is 47.3 Å². The zero-order chi connectivity index (χ0) is 18.7. The van der Waals surface area contributed by atoms with Crippen molar-refractivity contribution in [1.82, 2.24) is 9.55 Å². The Bertz CT molecular complexity index is 901. The monoisotopic (exact) mass is 354 g/mol. The van der Waals surface area contributed by atoms with Crippen LogP contribution in [0.3, 0.4) is 0 Å². The molecule has 3 rings (SSSR count). The highest BCUT2D eigenvalue weighted by Crippen LogP contribution is 2.29. The summed E-state index contributed by atoms with van der Waals surface area (Å²) in [6.45, 7) is 3.76. The number of halogens is 1. The van der Waals surface area contributed by atoms with E-state index in [1.807, 2.05) is 54.8 Å². The van der Waals surface area contributed by atoms with Gasteiger partial charge in [0.2, 0.25) is 0 Å². The van der Waals surface area contributed by atoms with Gasteiger partial charge in [-0.1, -0.05) is 25.5 Å². The summed E-state index contributed by atoms with van der Waals surface area (Å²) in [6.07, 6.45) is 1.60. The highest BCUT2D eigenvalue weighted by Gasteiger charge is 2.17. The van der Waals surface area contributed by atoms with Crippen LogP contribution in [-0.2, 0) is 13.0 Å². The van der Waals surface area contributed by atoms with E-state index in [1.165, 1.54) is 6.07 Å². The average Bonchev–Trinajstić information content (AvgIpc) is 3.00. The van der Waals surface area contributed by atoms with E-state index in [0.717, 1.165) is 23.6 Å². The summed E-state index contributed by atoms with van der Waals surface area (Å²) in [6, 6.07) is 12.8. The summed E-state index contributed by atoms with van der Waals surface area (Å²) >= 11 is 0. The Hall–Kier alpha value is -2.66. The SMILES string of the molecule is CCCc1ccc(-c2nc(CO)c(C)n2-c2ccc(OC)cc2)cc1F. The van der Waals surface area contributed by atoms with Crippen molar-refractivity contribution in [2.45, 2.75) is 33.3 Å². The number of imidazole rings is 1. The van der Waals surface area contributed by atoms with Crippen LogP contribution in [-0.4, -0.2) is 21.8 Å². The van der Waals surface area contributed by atoms with E-state index in [4.69, 9.17) is 4.74 Å². The second kappa shape index (κ2) is 7.70. The standard InChI is InChI=1S/C21H23FN2O2/c1-4-5-15-6-7-16(12-19(15)22)21-23-20(13-25)14(2)24(21)17-8-10-18(26-3)11-9-17/h6-12,25H,4-5,13H2,1-3H3. The van der Waals surface area contributed by atoms with Gasteiger partial charge in [-0.2, -0.15) is 0 Å². The third kappa shape index (κ3) is 3.35. The number of aryl methyl sites for hydroxylation is 1. The lowest BCUT2D eigenvalue weighted by atomic mass is 10.1. The average molecular weight is 354 g/mol. The number of aliphatic hydroxyl groups is 1. The number of hydrogen-bond acceptors (Lipinski definition) is 3. The molecule has 0 amide bonds. The molecule has 0 saturated heterocycles. The lowest BCUT2D eigenvalue weighted by molar-refractivity contribution is 0.276. The van der Waals surface area contributed by atoms with E-state index < -0.39 is 0 Å². The minimum atomic E-state index is -0.225. The molecule has 0 atom stereocenters. The van der Waals surface area contributed by atoms with E-state index >= 15 is 0 Å². The number of rotatable bonds is 6. The van der Waals surface area contributed by atoms with E-state index in [9.17, 15) is 9.50 Å². The maximum atomic E-state index is 14.4. The Morgan fingerprint density at radius 3 is 2.46 bits per heavy atom. The summed E-state index contributed by atoms with van der Waals surface area (Å²) in [5.41, 5.74) is 3.67. The van der Waals surface area contributed by atoms with Crippen molar-refractivity contribution in [3.8, 4) is 22.8 Å². The molecule has 0 bridgehead atoms. The molecule has 26 heavy (non-hydrogen) atoms. The predicted molar refractivity (Wildman–Crippen MR) is 100 cm³/mol. The van der Waals surface area contributed by atoms with Gasteiger partial charge in [0.25, 0.3) is 0 Å². The van der Waals surface area contributed by atoms with Gasteiger partial charge < -0.3 is 9.84 Å². The molecule has 0 aliphatic carbocycles. The van der Waals surface area contributed by atoms with Gasteiger partial charge in [-0.15, -0.1) is 0 Å². The van der Waals surface area contributed by atoms with E-state index in [0.29, 0.717) is 29.1 Å². The lowest BCUT2D eigenvalue weighted by Gasteiger charge is -2.12. The lowest BCUT2D eigenvalue weighted by Crippen LogP contribution is -2.01. The number of aromatic nitrogens is 2. The highest BCUT2D eigenvalue weighted by molar-refractivity contribution is 5.61. The molecule has 0 radical (unpaired) electrons. The number of ether oxygens (including phenoxy) is 1. The van der Waals surface area contributed by atoms with Gasteiger partial charge >= 0.3 is 0 Å². The molecule has 0 aliphatic heterocycles. The van der Waals surface area contributed by atoms with Crippen LogP contribution in [0.25, 0.3) is 17.1 Å². The molecule has 3 aromatic rings. The van der Waals surface area contributed by atoms with Gasteiger partial charge in [0, 0.05) is 16.9 Å². The van der Waals surface area contributed by atoms with Crippen LogP contribution in [0.2, 0.25) is 0 Å². The van der Waals surface area contributed by atoms with Gasteiger partial charge in [0.05, 0.1) is 19.4 Å². The van der Waals surface area contributed by atoms with Crippen molar-refractivity contribution in [1.29, 1.82) is 0 Å². The maximum absolute atomic E-state index is 14.4. The summed E-state index contributed by atoms with van der Waals surface area (Å²) < 4.78 is 21.6. The van der Waals surface area contributed by atoms with Crippen LogP contribution in [0.15, 0.2) is 42.5 Å². The first kappa shape index (κ1) is 18.1. The molecular weight excluding hydrogens is 331 g/mol. The first-order valence-electron chi connectivity index (χ1n) is 8.71. The molecule has 0 aliphatic rings. The smallest absolute Gasteiger partial charge is 0.145 e. The fourth-order valence-corrected chi connectivity index (χ4v) is 3.10. The van der Waals surface area contributed by atoms with Gasteiger partial charge in [-0.05, 0) is 49.2 Å². The Labute approximate surface area is 152 Å². The van der Waals surface area contributed by atoms with Crippen LogP contribution in [0.1, 0.15) is 30.3 Å². The van der Waals surface area contributed by atoms with Crippen molar-refractivity contribution in [3.63, 3.8) is 0 Å². The highest BCUT2D eigenvalue weighted by atomic mass is 19.1. The maximum Gasteiger partial charge on any atom is 0.145 e. The molecule has 136 valence electrons. The molecule has 0 saturated carbocycles. The van der Waals surface area contributed by atoms with Crippen molar-refractivity contribution in [2.24, 2.45) is 0 Å². The molecule has 0 spiro atoms. The number of benzene rings is 2. The minimum absolute atomic E-state index is 0.168. The quantitative estimate of drug-likeness (QED) is 0.712. The van der Waals surface area contributed by atoms with Crippen LogP contribution in [0, 0.1) is 12.7 Å². The van der Waals surface area contributed by atoms with Gasteiger partial charge in [0.15, 0.2) is 0 Å². The normalized spacial score (nSPS) is 11.0. The van der Waals surface area contributed by atoms with Gasteiger partial charge in [-0.3, -0.25) is 4.57 Å². The first-order valence-corrected chi connectivity index (χ1v) is 8.71. The minimum Gasteiger partial charge on any atom is -0.497 e. The van der Waals surface area contributed by atoms with Crippen molar-refractivity contribution in [2.75, 3.05) is 7.11 Å². The molecule has 5 heteroatoms. The molecule has 1 N–H and O–H groups in total. The van der Waals surface area contributed by atoms with Gasteiger partial charge in [-0.25, -0.2) is 9.37 Å². The summed E-state index contributed by atoms with van der Waals surface area (Å²) in [5, 5.41) is 9.63. The molecular formula is C21H23FN2O2. The molecule has 2 aromatic carbocycles. The Morgan fingerprint density at radius 1 is 1.15 bits per heavy atom. The van der Waals surface area contributed by atoms with E-state index in [2.05, 4.69) is 4.98 Å². The second-order valence-electron chi connectivity index (χ2n) is 6.22. The number of aliphatic hydroxyl groups excluding tert-OH is 1. The third-order valence-corrected chi connectivity index (χ3v) is 4.52. The molecule has 1 heterocycles. The fraction of sp³-hybridized carbons (Fsp3) is 0.286. The van der Waals surface area contributed by atoms with Crippen molar-refractivity contribution in [3.05, 3.63) is 65.2 Å². The first-order chi connectivity index (χ1) is 12.6. The zero-order valence-corrected chi connectivity index (χ0v) is 15.3. The van der Waals surface area contributed by atoms with Crippen molar-refractivity contribution < 1.29 is 14.2 Å². The van der Waals surface area contributed by atoms with Crippen LogP contribution < -0.4 is 4.74 Å². The number of hydrogen-bond donors (Lipinski definition) is 1. The largest absolute Gasteiger partial charge is 0.497 e. The summed E-state index contributed by atoms with van der Waals surface area (Å²) in [5.74, 6) is 1.14. The molecule has 1 aromatic heterocycles. The predicted octanol–water partition coefficient (Wildman–Crippen LogP) is 4.44. The van der Waals surface area contributed by atoms with Crippen LogP contribution in [0.4, 0.5) is 4.39 Å². The van der Waals surface area contributed by atoms with E-state index in [1.54, 1.807) is 7.11 Å². The zero-order valence-electron chi connectivity index (χ0n) is 15.3. The fourth-order valence-electron chi connectivity index (χ4n) is 3.10. The summed E-state index contributed by atoms with van der Waals surface area (Å²) in [7, 11) is 1.62.